The van der Waals surface area contributed by atoms with Gasteiger partial charge in [-0.15, -0.1) is 0 Å². The number of nitrogens with zero attached hydrogens (tertiary/aromatic N) is 2. The SMILES string of the molecule is N#CC1=C[C@@H]2C[C@H](c3ccccc3)[C@]2(C#N)c2ccccc21. The van der Waals surface area contributed by atoms with Crippen LogP contribution in [-0.4, -0.2) is 0 Å². The fourth-order valence-corrected chi connectivity index (χ4v) is 4.08. The summed E-state index contributed by atoms with van der Waals surface area (Å²) >= 11 is 0. The van der Waals surface area contributed by atoms with Gasteiger partial charge in [0.25, 0.3) is 0 Å². The number of allylic oxidation sites excluding steroid dienone is 2. The summed E-state index contributed by atoms with van der Waals surface area (Å²) in [6.45, 7) is 0. The lowest BCUT2D eigenvalue weighted by Gasteiger charge is -2.53. The van der Waals surface area contributed by atoms with Crippen LogP contribution in [0, 0.1) is 28.6 Å². The Morgan fingerprint density at radius 3 is 2.41 bits per heavy atom. The highest BCUT2D eigenvalue weighted by Crippen LogP contribution is 2.62. The summed E-state index contributed by atoms with van der Waals surface area (Å²) in [6, 6.07) is 23.0. The van der Waals surface area contributed by atoms with Crippen LogP contribution in [0.2, 0.25) is 0 Å². The van der Waals surface area contributed by atoms with Crippen molar-refractivity contribution in [1.82, 2.24) is 0 Å². The van der Waals surface area contributed by atoms with Crippen molar-refractivity contribution in [3.8, 4) is 12.1 Å². The van der Waals surface area contributed by atoms with E-state index in [-0.39, 0.29) is 11.8 Å². The molecule has 0 unspecified atom stereocenters. The molecule has 0 aliphatic heterocycles. The Hall–Kier alpha value is -2.84. The van der Waals surface area contributed by atoms with Gasteiger partial charge >= 0.3 is 0 Å². The van der Waals surface area contributed by atoms with Gasteiger partial charge < -0.3 is 0 Å². The van der Waals surface area contributed by atoms with Crippen molar-refractivity contribution in [2.24, 2.45) is 5.92 Å². The third-order valence-corrected chi connectivity index (χ3v) is 5.16. The molecule has 2 aromatic carbocycles. The highest BCUT2D eigenvalue weighted by molar-refractivity contribution is 5.83. The van der Waals surface area contributed by atoms with Gasteiger partial charge in [0.2, 0.25) is 0 Å². The molecule has 1 fully saturated rings. The first-order chi connectivity index (χ1) is 10.8. The lowest BCUT2D eigenvalue weighted by Crippen LogP contribution is -2.51. The van der Waals surface area contributed by atoms with Crippen molar-refractivity contribution in [3.63, 3.8) is 0 Å². The number of fused-ring (bicyclic) bond motifs is 3. The maximum absolute atomic E-state index is 10.0. The predicted molar refractivity (Wildman–Crippen MR) is 84.6 cm³/mol. The van der Waals surface area contributed by atoms with Gasteiger partial charge in [0.1, 0.15) is 0 Å². The van der Waals surface area contributed by atoms with Gasteiger partial charge in [-0.2, -0.15) is 10.5 Å². The summed E-state index contributed by atoms with van der Waals surface area (Å²) in [5, 5.41) is 19.5. The monoisotopic (exact) mass is 282 g/mol. The van der Waals surface area contributed by atoms with Crippen LogP contribution in [0.25, 0.3) is 5.57 Å². The summed E-state index contributed by atoms with van der Waals surface area (Å²) in [7, 11) is 0. The molecule has 1 saturated carbocycles. The normalized spacial score (nSPS) is 28.2. The lowest BCUT2D eigenvalue weighted by atomic mass is 9.46. The molecular formula is C20H14N2. The van der Waals surface area contributed by atoms with Crippen LogP contribution in [0.3, 0.4) is 0 Å². The minimum atomic E-state index is -0.529. The van der Waals surface area contributed by atoms with Crippen molar-refractivity contribution in [2.45, 2.75) is 17.8 Å². The highest BCUT2D eigenvalue weighted by Gasteiger charge is 2.58. The molecule has 0 amide bonds. The number of rotatable bonds is 1. The number of nitriles is 2. The largest absolute Gasteiger partial charge is 0.197 e. The highest BCUT2D eigenvalue weighted by atomic mass is 14.6. The molecule has 2 aliphatic rings. The molecule has 2 aliphatic carbocycles. The van der Waals surface area contributed by atoms with E-state index < -0.39 is 5.41 Å². The van der Waals surface area contributed by atoms with Gasteiger partial charge in [-0.25, -0.2) is 0 Å². The number of hydrogen-bond donors (Lipinski definition) is 0. The molecule has 0 radical (unpaired) electrons. The first-order valence-corrected chi connectivity index (χ1v) is 7.49. The second-order valence-corrected chi connectivity index (χ2v) is 6.02. The molecular weight excluding hydrogens is 268 g/mol. The third-order valence-electron chi connectivity index (χ3n) is 5.16. The summed E-state index contributed by atoms with van der Waals surface area (Å²) in [5.74, 6) is 0.327. The van der Waals surface area contributed by atoms with E-state index in [1.54, 1.807) is 0 Å². The number of hydrogen-bond acceptors (Lipinski definition) is 2. The predicted octanol–water partition coefficient (Wildman–Crippen LogP) is 4.17. The van der Waals surface area contributed by atoms with Gasteiger partial charge in [0, 0.05) is 11.8 Å². The molecule has 0 bridgehead atoms. The average Bonchev–Trinajstić information content (AvgIpc) is 2.56. The molecule has 0 saturated heterocycles. The van der Waals surface area contributed by atoms with Gasteiger partial charge in [-0.1, -0.05) is 60.7 Å². The van der Waals surface area contributed by atoms with Crippen molar-refractivity contribution in [1.29, 1.82) is 10.5 Å². The van der Waals surface area contributed by atoms with E-state index in [0.717, 1.165) is 17.5 Å². The fourth-order valence-electron chi connectivity index (χ4n) is 4.08. The molecule has 0 spiro atoms. The quantitative estimate of drug-likeness (QED) is 0.788. The van der Waals surface area contributed by atoms with Crippen molar-refractivity contribution >= 4 is 5.57 Å². The smallest absolute Gasteiger partial charge is 0.0994 e. The van der Waals surface area contributed by atoms with E-state index >= 15 is 0 Å². The Kier molecular flexibility index (Phi) is 2.68. The summed E-state index contributed by atoms with van der Waals surface area (Å²) in [5.41, 5.74) is 3.32. The Morgan fingerprint density at radius 1 is 0.955 bits per heavy atom. The summed E-state index contributed by atoms with van der Waals surface area (Å²) in [4.78, 5) is 0. The number of benzene rings is 2. The zero-order valence-electron chi connectivity index (χ0n) is 12.0. The Morgan fingerprint density at radius 2 is 1.68 bits per heavy atom. The van der Waals surface area contributed by atoms with Crippen LogP contribution in [0.15, 0.2) is 60.7 Å². The van der Waals surface area contributed by atoms with E-state index in [0.29, 0.717) is 5.57 Å². The van der Waals surface area contributed by atoms with Crippen LogP contribution in [0.5, 0.6) is 0 Å². The first-order valence-electron chi connectivity index (χ1n) is 7.49. The molecule has 0 heterocycles. The zero-order valence-corrected chi connectivity index (χ0v) is 12.0. The van der Waals surface area contributed by atoms with Crippen LogP contribution >= 0.6 is 0 Å². The molecule has 22 heavy (non-hydrogen) atoms. The Labute approximate surface area is 129 Å². The molecule has 3 atom stereocenters. The van der Waals surface area contributed by atoms with Gasteiger partial charge in [0.05, 0.1) is 23.1 Å². The fraction of sp³-hybridized carbons (Fsp3) is 0.200. The molecule has 104 valence electrons. The van der Waals surface area contributed by atoms with Gasteiger partial charge in [-0.05, 0) is 23.1 Å². The van der Waals surface area contributed by atoms with E-state index in [4.69, 9.17) is 0 Å². The topological polar surface area (TPSA) is 47.6 Å². The molecule has 4 rings (SSSR count). The van der Waals surface area contributed by atoms with Crippen LogP contribution < -0.4 is 0 Å². The van der Waals surface area contributed by atoms with Gasteiger partial charge in [0.15, 0.2) is 0 Å². The molecule has 2 aromatic rings. The van der Waals surface area contributed by atoms with E-state index in [1.807, 2.05) is 48.5 Å². The second-order valence-electron chi connectivity index (χ2n) is 6.02. The average molecular weight is 282 g/mol. The van der Waals surface area contributed by atoms with Crippen molar-refractivity contribution < 1.29 is 0 Å². The van der Waals surface area contributed by atoms with E-state index in [9.17, 15) is 10.5 Å². The molecule has 2 nitrogen and oxygen atoms in total. The second kappa shape index (κ2) is 4.58. The standard InChI is InChI=1S/C20H14N2/c21-12-15-10-16-11-19(14-6-2-1-3-7-14)20(16,13-22)18-9-5-4-8-17(15)18/h1-10,16,19H,11H2/t16-,19-,20+/m1/s1. The minimum Gasteiger partial charge on any atom is -0.197 e. The van der Waals surface area contributed by atoms with E-state index in [2.05, 4.69) is 24.3 Å². The van der Waals surface area contributed by atoms with Crippen molar-refractivity contribution in [3.05, 3.63) is 77.4 Å². The molecule has 2 heteroatoms. The lowest BCUT2D eigenvalue weighted by molar-refractivity contribution is 0.178. The van der Waals surface area contributed by atoms with Crippen LogP contribution in [0.4, 0.5) is 0 Å². The van der Waals surface area contributed by atoms with E-state index in [1.165, 1.54) is 5.56 Å². The maximum atomic E-state index is 10.0. The van der Waals surface area contributed by atoms with Gasteiger partial charge in [-0.3, -0.25) is 0 Å². The molecule has 0 N–H and O–H groups in total. The third kappa shape index (κ3) is 1.47. The maximum Gasteiger partial charge on any atom is 0.0994 e. The van der Waals surface area contributed by atoms with Crippen molar-refractivity contribution in [2.75, 3.05) is 0 Å². The summed E-state index contributed by atoms with van der Waals surface area (Å²) < 4.78 is 0. The zero-order chi connectivity index (χ0) is 15.2. The molecule has 0 aromatic heterocycles. The summed E-state index contributed by atoms with van der Waals surface area (Å²) in [6.07, 6.45) is 2.93. The minimum absolute atomic E-state index is 0.132. The van der Waals surface area contributed by atoms with Crippen LogP contribution in [0.1, 0.15) is 29.0 Å². The van der Waals surface area contributed by atoms with Crippen LogP contribution in [-0.2, 0) is 5.41 Å². The Bertz CT molecular complexity index is 851. The Balaban J connectivity index is 1.92. The first kappa shape index (κ1) is 12.9.